The summed E-state index contributed by atoms with van der Waals surface area (Å²) in [5.74, 6) is 1.31. The van der Waals surface area contributed by atoms with E-state index in [1.165, 1.54) is 0 Å². The SMILES string of the molecule is O=C1CCCC(=O)C(N2C(=O)c3ccc(OCCCCCN4CCC(OC5CN(C6CCN(c7ccn8c(n7)nc7ccccc78)CC6)C5)CC4)cc3C2=O)CC1. The molecular weight excluding hydrogens is 723 g/mol. The van der Waals surface area contributed by atoms with Crippen LogP contribution in [0.15, 0.2) is 54.7 Å². The fraction of sp³-hybridized carbons (Fsp3) is 0.545. The highest BCUT2D eigenvalue weighted by molar-refractivity contribution is 6.23. The van der Waals surface area contributed by atoms with Crippen molar-refractivity contribution >= 4 is 46.0 Å². The minimum atomic E-state index is -0.880. The highest BCUT2D eigenvalue weighted by Crippen LogP contribution is 2.32. The van der Waals surface area contributed by atoms with Crippen LogP contribution in [0.5, 0.6) is 5.75 Å². The van der Waals surface area contributed by atoms with Crippen LogP contribution in [0.4, 0.5) is 5.82 Å². The first-order valence-electron chi connectivity index (χ1n) is 21.2. The Hall–Kier alpha value is -4.72. The van der Waals surface area contributed by atoms with Crippen molar-refractivity contribution in [2.24, 2.45) is 0 Å². The molecule has 0 bridgehead atoms. The molecule has 2 aromatic carbocycles. The number of nitrogens with zero attached hydrogens (tertiary/aromatic N) is 7. The Morgan fingerprint density at radius 2 is 1.54 bits per heavy atom. The number of benzene rings is 2. The lowest BCUT2D eigenvalue weighted by atomic mass is 9.94. The molecular formula is C44H53N7O6. The molecule has 13 heteroatoms. The summed E-state index contributed by atoms with van der Waals surface area (Å²) < 4.78 is 14.6. The molecule has 300 valence electrons. The fourth-order valence-corrected chi connectivity index (χ4v) is 9.47. The Morgan fingerprint density at radius 3 is 2.39 bits per heavy atom. The van der Waals surface area contributed by atoms with Gasteiger partial charge in [-0.25, -0.2) is 4.98 Å². The number of ether oxygens (including phenoxy) is 2. The molecule has 2 amide bonds. The van der Waals surface area contributed by atoms with Gasteiger partial charge in [0.2, 0.25) is 5.78 Å². The summed E-state index contributed by atoms with van der Waals surface area (Å²) in [4.78, 5) is 69.5. The maximum absolute atomic E-state index is 13.3. The van der Waals surface area contributed by atoms with Gasteiger partial charge in [0.15, 0.2) is 5.78 Å². The van der Waals surface area contributed by atoms with Gasteiger partial charge in [-0.3, -0.25) is 33.4 Å². The van der Waals surface area contributed by atoms with Gasteiger partial charge in [0, 0.05) is 70.8 Å². The van der Waals surface area contributed by atoms with E-state index < -0.39 is 17.9 Å². The third-order valence-corrected chi connectivity index (χ3v) is 12.8. The van der Waals surface area contributed by atoms with Gasteiger partial charge < -0.3 is 19.3 Å². The van der Waals surface area contributed by atoms with Gasteiger partial charge in [-0.05, 0) is 101 Å². The summed E-state index contributed by atoms with van der Waals surface area (Å²) in [6.07, 6.45) is 11.8. The van der Waals surface area contributed by atoms with E-state index in [0.29, 0.717) is 43.4 Å². The molecule has 5 aliphatic rings. The molecule has 4 aliphatic heterocycles. The number of imidazole rings is 1. The minimum absolute atomic E-state index is 0.0719. The number of piperidine rings is 2. The Bertz CT molecular complexity index is 2130. The predicted octanol–water partition coefficient (Wildman–Crippen LogP) is 5.33. The lowest BCUT2D eigenvalue weighted by Gasteiger charge is -2.48. The highest BCUT2D eigenvalue weighted by atomic mass is 16.5. The molecule has 0 radical (unpaired) electrons. The first-order chi connectivity index (χ1) is 27.9. The van der Waals surface area contributed by atoms with Crippen molar-refractivity contribution in [1.82, 2.24) is 29.1 Å². The van der Waals surface area contributed by atoms with Gasteiger partial charge in [-0.2, -0.15) is 4.98 Å². The number of unbranched alkanes of at least 4 members (excludes halogenated alkanes) is 2. The van der Waals surface area contributed by atoms with Gasteiger partial charge in [-0.1, -0.05) is 12.1 Å². The van der Waals surface area contributed by atoms with Crippen molar-refractivity contribution in [3.8, 4) is 5.75 Å². The largest absolute Gasteiger partial charge is 0.494 e. The molecule has 9 rings (SSSR count). The average Bonchev–Trinajstić information content (AvgIpc) is 3.70. The monoisotopic (exact) mass is 775 g/mol. The van der Waals surface area contributed by atoms with E-state index in [1.54, 1.807) is 18.2 Å². The number of para-hydroxylation sites is 2. The predicted molar refractivity (Wildman–Crippen MR) is 215 cm³/mol. The number of carbonyl (C=O) groups is 4. The number of rotatable bonds is 12. The lowest BCUT2D eigenvalue weighted by Crippen LogP contribution is -2.59. The highest BCUT2D eigenvalue weighted by Gasteiger charge is 2.43. The van der Waals surface area contributed by atoms with Crippen LogP contribution in [-0.4, -0.2) is 129 Å². The van der Waals surface area contributed by atoms with Crippen LogP contribution >= 0.6 is 0 Å². The summed E-state index contributed by atoms with van der Waals surface area (Å²) >= 11 is 0. The molecule has 1 atom stereocenters. The quantitative estimate of drug-likeness (QED) is 0.137. The maximum Gasteiger partial charge on any atom is 0.262 e. The number of hydrogen-bond acceptors (Lipinski definition) is 11. The molecule has 4 aromatic rings. The van der Waals surface area contributed by atoms with Gasteiger partial charge in [-0.15, -0.1) is 0 Å². The van der Waals surface area contributed by atoms with E-state index in [4.69, 9.17) is 19.4 Å². The average molecular weight is 776 g/mol. The van der Waals surface area contributed by atoms with E-state index >= 15 is 0 Å². The first kappa shape index (κ1) is 37.8. The summed E-state index contributed by atoms with van der Waals surface area (Å²) in [6, 6.07) is 15.0. The van der Waals surface area contributed by atoms with Crippen LogP contribution in [0, 0.1) is 0 Å². The standard InChI is InChI=1S/C44H53N7O6/c52-31-7-6-10-40(53)39(14-11-31)51-42(54)35-13-12-33(27-36(35)43(51)55)56-26-5-1-4-20-47-21-17-32(18-22-47)57-34-28-49(29-34)30-15-23-48(24-16-30)41-19-25-50-38-9-3-2-8-37(38)45-44(50)46-41/h2-3,8-9,12-13,19,25,27,30,32,34,39H,1,4-7,10-11,14-18,20-24,26,28-29H2. The Labute approximate surface area is 333 Å². The van der Waals surface area contributed by atoms with Crippen molar-refractivity contribution in [3.63, 3.8) is 0 Å². The van der Waals surface area contributed by atoms with Gasteiger partial charge in [0.05, 0.1) is 47.0 Å². The van der Waals surface area contributed by atoms with Crippen molar-refractivity contribution < 1.29 is 28.7 Å². The number of anilines is 1. The molecule has 13 nitrogen and oxygen atoms in total. The fourth-order valence-electron chi connectivity index (χ4n) is 9.47. The van der Waals surface area contributed by atoms with Crippen LogP contribution in [-0.2, 0) is 14.3 Å². The van der Waals surface area contributed by atoms with Crippen LogP contribution in [0.1, 0.15) is 97.8 Å². The second-order valence-electron chi connectivity index (χ2n) is 16.5. The minimum Gasteiger partial charge on any atom is -0.494 e. The van der Waals surface area contributed by atoms with E-state index in [9.17, 15) is 19.2 Å². The van der Waals surface area contributed by atoms with Crippen molar-refractivity contribution in [3.05, 3.63) is 65.9 Å². The Morgan fingerprint density at radius 1 is 0.737 bits per heavy atom. The number of hydrogen-bond donors (Lipinski definition) is 0. The summed E-state index contributed by atoms with van der Waals surface area (Å²) in [5.41, 5.74) is 2.62. The molecule has 0 spiro atoms. The van der Waals surface area contributed by atoms with E-state index in [1.807, 2.05) is 18.2 Å². The van der Waals surface area contributed by atoms with Crippen LogP contribution < -0.4 is 9.64 Å². The number of imide groups is 1. The third kappa shape index (κ3) is 8.06. The third-order valence-electron chi connectivity index (χ3n) is 12.8. The van der Waals surface area contributed by atoms with Crippen LogP contribution in [0.2, 0.25) is 0 Å². The van der Waals surface area contributed by atoms with Gasteiger partial charge >= 0.3 is 0 Å². The maximum atomic E-state index is 13.3. The Kier molecular flexibility index (Phi) is 11.0. The number of amides is 2. The van der Waals surface area contributed by atoms with Crippen LogP contribution in [0.3, 0.4) is 0 Å². The van der Waals surface area contributed by atoms with E-state index in [-0.39, 0.29) is 42.0 Å². The molecule has 0 N–H and O–H groups in total. The number of aromatic nitrogens is 3. The summed E-state index contributed by atoms with van der Waals surface area (Å²) in [5, 5.41) is 0. The molecule has 4 fully saturated rings. The molecule has 57 heavy (non-hydrogen) atoms. The lowest BCUT2D eigenvalue weighted by molar-refractivity contribution is -0.125. The zero-order valence-corrected chi connectivity index (χ0v) is 32.7. The second-order valence-corrected chi connectivity index (χ2v) is 16.5. The molecule has 1 unspecified atom stereocenters. The second kappa shape index (κ2) is 16.6. The molecule has 6 heterocycles. The van der Waals surface area contributed by atoms with Crippen LogP contribution in [0.25, 0.3) is 16.8 Å². The number of likely N-dealkylation sites (tertiary alicyclic amines) is 2. The zero-order chi connectivity index (χ0) is 38.9. The number of fused-ring (bicyclic) bond motifs is 4. The smallest absolute Gasteiger partial charge is 0.262 e. The van der Waals surface area contributed by atoms with Crippen molar-refractivity contribution in [2.45, 2.75) is 101 Å². The summed E-state index contributed by atoms with van der Waals surface area (Å²) in [6.45, 7) is 7.86. The first-order valence-corrected chi connectivity index (χ1v) is 21.2. The molecule has 1 saturated carbocycles. The van der Waals surface area contributed by atoms with Gasteiger partial charge in [0.1, 0.15) is 17.4 Å². The van der Waals surface area contributed by atoms with Crippen molar-refractivity contribution in [2.75, 3.05) is 57.3 Å². The van der Waals surface area contributed by atoms with Gasteiger partial charge in [0.25, 0.3) is 11.8 Å². The zero-order valence-electron chi connectivity index (χ0n) is 32.7. The van der Waals surface area contributed by atoms with E-state index in [0.717, 1.165) is 118 Å². The number of Topliss-reactive ketones (excluding diaryl/α,β-unsaturated/α-hetero) is 2. The Balaban J connectivity index is 0.637. The molecule has 1 aliphatic carbocycles. The number of ketones is 2. The van der Waals surface area contributed by atoms with Crippen molar-refractivity contribution in [1.29, 1.82) is 0 Å². The summed E-state index contributed by atoms with van der Waals surface area (Å²) in [7, 11) is 0. The number of carbonyl (C=O) groups excluding carboxylic acids is 4. The van der Waals surface area contributed by atoms with E-state index in [2.05, 4.69) is 37.4 Å². The molecule has 3 saturated heterocycles. The normalized spacial score (nSPS) is 22.4. The topological polar surface area (TPSA) is 130 Å². The molecule has 2 aromatic heterocycles.